The summed E-state index contributed by atoms with van der Waals surface area (Å²) in [6, 6.07) is 0. The molecule has 0 aromatic carbocycles. The molecule has 0 N–H and O–H groups in total. The predicted octanol–water partition coefficient (Wildman–Crippen LogP) is 2.92. The third kappa shape index (κ3) is 0.826. The van der Waals surface area contributed by atoms with Gasteiger partial charge < -0.3 is 0 Å². The number of fused-ring (bicyclic) bond motifs is 1. The molecule has 0 aliphatic heterocycles. The van der Waals surface area contributed by atoms with Crippen molar-refractivity contribution in [2.75, 3.05) is 0 Å². The Balaban J connectivity index is 2.19. The Hall–Kier alpha value is 0.0600. The molecule has 0 heterocycles. The van der Waals surface area contributed by atoms with E-state index < -0.39 is 4.33 Å². The molecule has 0 aromatic rings. The van der Waals surface area contributed by atoms with Crippen molar-refractivity contribution in [3.63, 3.8) is 0 Å². The fourth-order valence-corrected chi connectivity index (χ4v) is 2.24. The third-order valence-corrected chi connectivity index (χ3v) is 3.28. The van der Waals surface area contributed by atoms with Gasteiger partial charge in [-0.1, -0.05) is 24.3 Å². The number of hydrogen-bond donors (Lipinski definition) is 0. The molecule has 0 unspecified atom stereocenters. The minimum absolute atomic E-state index is 0.394. The van der Waals surface area contributed by atoms with Crippen LogP contribution in [0.4, 0.5) is 0 Å². The van der Waals surface area contributed by atoms with Crippen LogP contribution in [0.1, 0.15) is 6.42 Å². The van der Waals surface area contributed by atoms with Crippen molar-refractivity contribution < 1.29 is 0 Å². The molecule has 0 nitrogen and oxygen atoms in total. The number of halogens is 2. The first kappa shape index (κ1) is 6.75. The summed E-state index contributed by atoms with van der Waals surface area (Å²) in [6.45, 7) is 0. The Labute approximate surface area is 70.5 Å². The van der Waals surface area contributed by atoms with E-state index in [1.54, 1.807) is 0 Å². The van der Waals surface area contributed by atoms with E-state index in [-0.39, 0.29) is 0 Å². The number of alkyl halides is 2. The maximum atomic E-state index is 5.97. The van der Waals surface area contributed by atoms with Crippen LogP contribution in [-0.2, 0) is 0 Å². The summed E-state index contributed by atoms with van der Waals surface area (Å²) in [5.41, 5.74) is 0. The van der Waals surface area contributed by atoms with Crippen LogP contribution >= 0.6 is 23.2 Å². The summed E-state index contributed by atoms with van der Waals surface area (Å²) < 4.78 is -0.457. The van der Waals surface area contributed by atoms with Gasteiger partial charge in [0.05, 0.1) is 0 Å². The summed E-state index contributed by atoms with van der Waals surface area (Å²) in [7, 11) is 0. The summed E-state index contributed by atoms with van der Waals surface area (Å²) in [6.07, 6.45) is 9.31. The summed E-state index contributed by atoms with van der Waals surface area (Å²) in [4.78, 5) is 0. The van der Waals surface area contributed by atoms with E-state index in [1.165, 1.54) is 0 Å². The largest absolute Gasteiger partial charge is 0.128 e. The van der Waals surface area contributed by atoms with E-state index in [0.717, 1.165) is 6.42 Å². The van der Waals surface area contributed by atoms with E-state index in [0.29, 0.717) is 11.8 Å². The van der Waals surface area contributed by atoms with E-state index in [2.05, 4.69) is 18.2 Å². The lowest BCUT2D eigenvalue weighted by Crippen LogP contribution is -1.89. The van der Waals surface area contributed by atoms with Crippen molar-refractivity contribution in [2.24, 2.45) is 11.8 Å². The zero-order chi connectivity index (χ0) is 7.19. The highest BCUT2D eigenvalue weighted by atomic mass is 35.5. The molecular formula is C8H8Cl2. The van der Waals surface area contributed by atoms with E-state index in [9.17, 15) is 0 Å². The maximum Gasteiger partial charge on any atom is 0.128 e. The standard InChI is InChI=1S/C8H8Cl2/c9-8(10)6-4-2-1-3-5-7(6)8/h1-4,6-7H,5H2/t6-,7-/m1/s1. The van der Waals surface area contributed by atoms with Crippen LogP contribution in [0, 0.1) is 11.8 Å². The highest BCUT2D eigenvalue weighted by Crippen LogP contribution is 2.62. The summed E-state index contributed by atoms with van der Waals surface area (Å²) in [5.74, 6) is 0.858. The first-order valence-electron chi connectivity index (χ1n) is 3.44. The zero-order valence-corrected chi connectivity index (χ0v) is 6.94. The smallest absolute Gasteiger partial charge is 0.101 e. The van der Waals surface area contributed by atoms with Gasteiger partial charge >= 0.3 is 0 Å². The minimum Gasteiger partial charge on any atom is -0.101 e. The van der Waals surface area contributed by atoms with Crippen LogP contribution in [0.2, 0.25) is 0 Å². The SMILES string of the molecule is ClC1(Cl)[C@@H]2C=CC=CC[C@H]21. The molecule has 0 spiro atoms. The molecule has 54 valence electrons. The fraction of sp³-hybridized carbons (Fsp3) is 0.500. The molecule has 2 aliphatic carbocycles. The normalized spacial score (nSPS) is 40.6. The summed E-state index contributed by atoms with van der Waals surface area (Å²) in [5, 5.41) is 0. The molecule has 2 aliphatic rings. The van der Waals surface area contributed by atoms with Crippen LogP contribution in [0.15, 0.2) is 24.3 Å². The van der Waals surface area contributed by atoms with Crippen molar-refractivity contribution in [1.29, 1.82) is 0 Å². The molecule has 0 bridgehead atoms. The van der Waals surface area contributed by atoms with Gasteiger partial charge in [0.1, 0.15) is 4.33 Å². The first-order chi connectivity index (χ1) is 4.73. The number of rotatable bonds is 0. The average Bonchev–Trinajstić information content (AvgIpc) is 2.47. The van der Waals surface area contributed by atoms with Gasteiger partial charge in [-0.05, 0) is 6.42 Å². The van der Waals surface area contributed by atoms with Crippen LogP contribution < -0.4 is 0 Å². The Morgan fingerprint density at radius 2 is 2.10 bits per heavy atom. The minimum atomic E-state index is -0.457. The Morgan fingerprint density at radius 1 is 1.30 bits per heavy atom. The van der Waals surface area contributed by atoms with Gasteiger partial charge in [-0.25, -0.2) is 0 Å². The van der Waals surface area contributed by atoms with Crippen molar-refractivity contribution in [3.05, 3.63) is 24.3 Å². The summed E-state index contributed by atoms with van der Waals surface area (Å²) >= 11 is 11.9. The van der Waals surface area contributed by atoms with Crippen molar-refractivity contribution >= 4 is 23.2 Å². The lowest BCUT2D eigenvalue weighted by molar-refractivity contribution is 0.808. The van der Waals surface area contributed by atoms with Crippen molar-refractivity contribution in [1.82, 2.24) is 0 Å². The molecule has 0 aromatic heterocycles. The van der Waals surface area contributed by atoms with E-state index in [4.69, 9.17) is 23.2 Å². The fourth-order valence-electron chi connectivity index (χ4n) is 1.47. The third-order valence-electron chi connectivity index (χ3n) is 2.22. The maximum absolute atomic E-state index is 5.97. The molecule has 0 radical (unpaired) electrons. The lowest BCUT2D eigenvalue weighted by atomic mass is 10.2. The van der Waals surface area contributed by atoms with Crippen LogP contribution in [0.3, 0.4) is 0 Å². The molecule has 2 rings (SSSR count). The van der Waals surface area contributed by atoms with Gasteiger partial charge in [0.15, 0.2) is 0 Å². The van der Waals surface area contributed by atoms with Crippen LogP contribution in [0.25, 0.3) is 0 Å². The van der Waals surface area contributed by atoms with E-state index in [1.807, 2.05) is 6.08 Å². The topological polar surface area (TPSA) is 0 Å². The van der Waals surface area contributed by atoms with Gasteiger partial charge in [0.25, 0.3) is 0 Å². The molecule has 0 amide bonds. The Bertz CT molecular complexity index is 203. The van der Waals surface area contributed by atoms with Crippen molar-refractivity contribution in [2.45, 2.75) is 10.8 Å². The highest BCUT2D eigenvalue weighted by molar-refractivity contribution is 6.51. The zero-order valence-electron chi connectivity index (χ0n) is 5.43. The van der Waals surface area contributed by atoms with Gasteiger partial charge in [-0.3, -0.25) is 0 Å². The van der Waals surface area contributed by atoms with Gasteiger partial charge in [0.2, 0.25) is 0 Å². The molecule has 10 heavy (non-hydrogen) atoms. The lowest BCUT2D eigenvalue weighted by Gasteiger charge is -1.93. The second-order valence-electron chi connectivity index (χ2n) is 2.86. The first-order valence-corrected chi connectivity index (χ1v) is 4.19. The Morgan fingerprint density at radius 3 is 2.90 bits per heavy atom. The molecule has 1 fully saturated rings. The van der Waals surface area contributed by atoms with Crippen LogP contribution in [0.5, 0.6) is 0 Å². The molecule has 2 heteroatoms. The quantitative estimate of drug-likeness (QED) is 0.496. The average molecular weight is 175 g/mol. The molecule has 2 atom stereocenters. The second kappa shape index (κ2) is 2.02. The van der Waals surface area contributed by atoms with Gasteiger partial charge in [-0.2, -0.15) is 0 Å². The highest BCUT2D eigenvalue weighted by Gasteiger charge is 2.60. The van der Waals surface area contributed by atoms with Crippen molar-refractivity contribution in [3.8, 4) is 0 Å². The van der Waals surface area contributed by atoms with Gasteiger partial charge in [0, 0.05) is 11.8 Å². The number of hydrogen-bond acceptors (Lipinski definition) is 0. The van der Waals surface area contributed by atoms with E-state index >= 15 is 0 Å². The monoisotopic (exact) mass is 174 g/mol. The number of allylic oxidation sites excluding steroid dienone is 4. The second-order valence-corrected chi connectivity index (χ2v) is 4.30. The van der Waals surface area contributed by atoms with Gasteiger partial charge in [-0.15, -0.1) is 23.2 Å². The molecule has 0 saturated heterocycles. The predicted molar refractivity (Wildman–Crippen MR) is 44.3 cm³/mol. The van der Waals surface area contributed by atoms with Crippen LogP contribution in [-0.4, -0.2) is 4.33 Å². The molecule has 1 saturated carbocycles. The Kier molecular flexibility index (Phi) is 1.37. The molecular weight excluding hydrogens is 167 g/mol.